The van der Waals surface area contributed by atoms with Crippen LogP contribution in [0.25, 0.3) is 11.3 Å². The van der Waals surface area contributed by atoms with E-state index in [1.54, 1.807) is 14.0 Å². The minimum Gasteiger partial charge on any atom is -0.459 e. The molecule has 25 heavy (non-hydrogen) atoms. The summed E-state index contributed by atoms with van der Waals surface area (Å²) in [6, 6.07) is 9.27. The van der Waals surface area contributed by atoms with Gasteiger partial charge in [0.25, 0.3) is 0 Å². The molecule has 0 saturated carbocycles. The molecular formula is C16H17N3O4S2. The molecule has 0 aliphatic heterocycles. The number of hydrogen-bond acceptors (Lipinski definition) is 7. The van der Waals surface area contributed by atoms with Crippen LogP contribution >= 0.6 is 23.1 Å². The molecule has 0 saturated heterocycles. The lowest BCUT2D eigenvalue weighted by Gasteiger charge is -2.04. The summed E-state index contributed by atoms with van der Waals surface area (Å²) in [7, 11) is 1.56. The van der Waals surface area contributed by atoms with Gasteiger partial charge in [-0.3, -0.25) is 9.59 Å². The summed E-state index contributed by atoms with van der Waals surface area (Å²) in [5.74, 6) is -1.72. The fraction of sp³-hybridized carbons (Fsp3) is 0.250. The first kappa shape index (κ1) is 18.9. The molecule has 0 aliphatic carbocycles. The molecule has 132 valence electrons. The summed E-state index contributed by atoms with van der Waals surface area (Å²) in [6.07, 6.45) is 0. The molecule has 1 aromatic carbocycles. The largest absolute Gasteiger partial charge is 0.459 e. The van der Waals surface area contributed by atoms with E-state index in [1.807, 2.05) is 30.3 Å². The minimum absolute atomic E-state index is 0.119. The fourth-order valence-electron chi connectivity index (χ4n) is 1.79. The third-order valence-electron chi connectivity index (χ3n) is 2.95. The molecule has 2 N–H and O–H groups in total. The first-order valence-corrected chi connectivity index (χ1v) is 9.23. The molecule has 9 heteroatoms. The van der Waals surface area contributed by atoms with Crippen LogP contribution in [0.2, 0.25) is 0 Å². The summed E-state index contributed by atoms with van der Waals surface area (Å²) in [5, 5.41) is 5.51. The van der Waals surface area contributed by atoms with E-state index in [1.165, 1.54) is 23.1 Å². The molecule has 0 fully saturated rings. The molecule has 2 aromatic rings. The second kappa shape index (κ2) is 9.19. The smallest absolute Gasteiger partial charge is 0.397 e. The van der Waals surface area contributed by atoms with Gasteiger partial charge < -0.3 is 15.4 Å². The molecule has 1 aromatic heterocycles. The zero-order chi connectivity index (χ0) is 18.2. The molecule has 0 bridgehead atoms. The quantitative estimate of drug-likeness (QED) is 0.453. The number of hydrogen-bond donors (Lipinski definition) is 2. The Morgan fingerprint density at radius 3 is 2.60 bits per heavy atom. The first-order valence-electron chi connectivity index (χ1n) is 7.42. The highest BCUT2D eigenvalue weighted by Gasteiger charge is 2.21. The van der Waals surface area contributed by atoms with Crippen LogP contribution in [0.3, 0.4) is 0 Å². The van der Waals surface area contributed by atoms with Crippen molar-refractivity contribution in [1.29, 1.82) is 0 Å². The van der Waals surface area contributed by atoms with Crippen molar-refractivity contribution in [2.45, 2.75) is 11.3 Å². The van der Waals surface area contributed by atoms with E-state index in [4.69, 9.17) is 4.74 Å². The lowest BCUT2D eigenvalue weighted by molar-refractivity contribution is -0.152. The van der Waals surface area contributed by atoms with Crippen LogP contribution in [0, 0.1) is 0 Å². The van der Waals surface area contributed by atoms with Crippen LogP contribution in [0.1, 0.15) is 6.92 Å². The van der Waals surface area contributed by atoms with Gasteiger partial charge in [0.05, 0.1) is 12.4 Å². The third kappa shape index (κ3) is 5.30. The number of carbonyl (C=O) groups excluding carboxylic acids is 3. The minimum atomic E-state index is -0.950. The summed E-state index contributed by atoms with van der Waals surface area (Å²) >= 11 is 2.46. The average molecular weight is 379 g/mol. The number of esters is 1. The number of nitrogens with one attached hydrogen (secondary N) is 2. The molecular weight excluding hydrogens is 362 g/mol. The molecule has 0 spiro atoms. The number of thioether (sulfide) groups is 1. The van der Waals surface area contributed by atoms with E-state index in [0.29, 0.717) is 15.0 Å². The number of anilines is 1. The van der Waals surface area contributed by atoms with Gasteiger partial charge in [0.15, 0.2) is 4.34 Å². The Hall–Kier alpha value is -2.39. The Morgan fingerprint density at radius 2 is 1.96 bits per heavy atom. The maximum atomic E-state index is 11.9. The summed E-state index contributed by atoms with van der Waals surface area (Å²) in [6.45, 7) is 1.74. The van der Waals surface area contributed by atoms with Crippen LogP contribution in [-0.2, 0) is 19.1 Å². The number of carbonyl (C=O) groups is 3. The monoisotopic (exact) mass is 379 g/mol. The van der Waals surface area contributed by atoms with Crippen molar-refractivity contribution in [1.82, 2.24) is 10.3 Å². The van der Waals surface area contributed by atoms with Crippen molar-refractivity contribution in [3.05, 3.63) is 30.3 Å². The van der Waals surface area contributed by atoms with Crippen molar-refractivity contribution >= 4 is 45.9 Å². The van der Waals surface area contributed by atoms with Crippen molar-refractivity contribution in [3.63, 3.8) is 0 Å². The highest BCUT2D eigenvalue weighted by molar-refractivity contribution is 8.01. The normalized spacial score (nSPS) is 10.2. The van der Waals surface area contributed by atoms with Gasteiger partial charge in [-0.1, -0.05) is 53.4 Å². The molecule has 0 aliphatic rings. The van der Waals surface area contributed by atoms with Crippen molar-refractivity contribution in [2.75, 3.05) is 24.7 Å². The first-order chi connectivity index (χ1) is 12.0. The van der Waals surface area contributed by atoms with Gasteiger partial charge >= 0.3 is 11.9 Å². The Bertz CT molecular complexity index is 762. The third-order valence-corrected chi connectivity index (χ3v) is 5.06. The summed E-state index contributed by atoms with van der Waals surface area (Å²) in [5.41, 5.74) is 1.34. The Morgan fingerprint density at radius 1 is 1.24 bits per heavy atom. The molecule has 0 unspecified atom stereocenters. The zero-order valence-electron chi connectivity index (χ0n) is 13.7. The second-order valence-corrected chi connectivity index (χ2v) is 6.88. The highest BCUT2D eigenvalue weighted by Crippen LogP contribution is 2.37. The van der Waals surface area contributed by atoms with Crippen LogP contribution in [-0.4, -0.2) is 42.2 Å². The maximum Gasteiger partial charge on any atom is 0.397 e. The Kier molecular flexibility index (Phi) is 6.96. The lowest BCUT2D eigenvalue weighted by Crippen LogP contribution is -2.24. The lowest BCUT2D eigenvalue weighted by atomic mass is 10.2. The number of ether oxygens (including phenoxy) is 1. The predicted octanol–water partition coefficient (Wildman–Crippen LogP) is 2.15. The topological polar surface area (TPSA) is 97.4 Å². The highest BCUT2D eigenvalue weighted by atomic mass is 32.2. The van der Waals surface area contributed by atoms with Crippen LogP contribution in [0.4, 0.5) is 5.00 Å². The number of rotatable bonds is 6. The fourth-order valence-corrected chi connectivity index (χ4v) is 3.72. The van der Waals surface area contributed by atoms with E-state index in [-0.39, 0.29) is 18.3 Å². The van der Waals surface area contributed by atoms with Crippen LogP contribution < -0.4 is 10.6 Å². The Balaban J connectivity index is 2.26. The van der Waals surface area contributed by atoms with Crippen molar-refractivity contribution in [2.24, 2.45) is 0 Å². The number of thiazole rings is 1. The van der Waals surface area contributed by atoms with Crippen LogP contribution in [0.5, 0.6) is 0 Å². The number of nitrogens with zero attached hydrogens (tertiary/aromatic N) is 1. The molecule has 0 radical (unpaired) electrons. The Labute approximate surface area is 153 Å². The molecule has 2 rings (SSSR count). The van der Waals surface area contributed by atoms with E-state index in [0.717, 1.165) is 5.56 Å². The summed E-state index contributed by atoms with van der Waals surface area (Å²) < 4.78 is 5.31. The molecule has 7 nitrogen and oxygen atoms in total. The van der Waals surface area contributed by atoms with Gasteiger partial charge in [-0.15, -0.1) is 0 Å². The number of aromatic nitrogens is 1. The van der Waals surface area contributed by atoms with Crippen LogP contribution in [0.15, 0.2) is 34.7 Å². The number of amides is 2. The summed E-state index contributed by atoms with van der Waals surface area (Å²) in [4.78, 5) is 39.4. The molecule has 0 atom stereocenters. The van der Waals surface area contributed by atoms with Gasteiger partial charge in [0.2, 0.25) is 5.91 Å². The average Bonchev–Trinajstić information content (AvgIpc) is 3.03. The predicted molar refractivity (Wildman–Crippen MR) is 97.6 cm³/mol. The van der Waals surface area contributed by atoms with Crippen molar-refractivity contribution in [3.8, 4) is 11.3 Å². The van der Waals surface area contributed by atoms with E-state index < -0.39 is 11.9 Å². The van der Waals surface area contributed by atoms with Gasteiger partial charge in [-0.25, -0.2) is 9.78 Å². The maximum absolute atomic E-state index is 11.9. The van der Waals surface area contributed by atoms with E-state index in [2.05, 4.69) is 15.6 Å². The van der Waals surface area contributed by atoms with Gasteiger partial charge in [-0.05, 0) is 6.92 Å². The molecule has 1 heterocycles. The van der Waals surface area contributed by atoms with E-state index >= 15 is 0 Å². The second-order valence-electron chi connectivity index (χ2n) is 4.66. The van der Waals surface area contributed by atoms with Gasteiger partial charge in [0, 0.05) is 12.6 Å². The zero-order valence-corrected chi connectivity index (χ0v) is 15.3. The standard InChI is InChI=1S/C16H17N3O4S2/c1-3-23-15(22)13(21)19-14-12(10-7-5-4-6-8-10)18-16(25-14)24-9-11(20)17-2/h4-8H,3,9H2,1-2H3,(H,17,20)(H,19,21). The SMILES string of the molecule is CCOC(=O)C(=O)Nc1sc(SCC(=O)NC)nc1-c1ccccc1. The van der Waals surface area contributed by atoms with E-state index in [9.17, 15) is 14.4 Å². The molecule has 2 amide bonds. The van der Waals surface area contributed by atoms with Gasteiger partial charge in [0.1, 0.15) is 10.7 Å². The van der Waals surface area contributed by atoms with Gasteiger partial charge in [-0.2, -0.15) is 0 Å². The number of benzene rings is 1. The van der Waals surface area contributed by atoms with Crippen molar-refractivity contribution < 1.29 is 19.1 Å².